The van der Waals surface area contributed by atoms with Gasteiger partial charge >= 0.3 is 0 Å². The zero-order valence-electron chi connectivity index (χ0n) is 11.0. The number of rotatable bonds is 2. The molecule has 0 amide bonds. The highest BCUT2D eigenvalue weighted by Crippen LogP contribution is 2.47. The van der Waals surface area contributed by atoms with E-state index in [9.17, 15) is 4.39 Å². The van der Waals surface area contributed by atoms with E-state index in [-0.39, 0.29) is 5.82 Å². The number of nitrogens with zero attached hydrogens (tertiary/aromatic N) is 1. The number of nitrogens with one attached hydrogen (secondary N) is 1. The lowest BCUT2D eigenvalue weighted by Crippen LogP contribution is -2.27. The van der Waals surface area contributed by atoms with Gasteiger partial charge in [0.15, 0.2) is 0 Å². The van der Waals surface area contributed by atoms with Crippen molar-refractivity contribution < 1.29 is 4.39 Å². The van der Waals surface area contributed by atoms with Crippen LogP contribution in [0.1, 0.15) is 29.0 Å². The first-order valence-electron chi connectivity index (χ1n) is 6.93. The SMILES string of the molecule is N=C1c2cc(F)ccc2CN1C1CC1c1ccccc1. The smallest absolute Gasteiger partial charge is 0.129 e. The third kappa shape index (κ3) is 1.73. The van der Waals surface area contributed by atoms with Crippen molar-refractivity contribution in [1.82, 2.24) is 4.90 Å². The van der Waals surface area contributed by atoms with Gasteiger partial charge in [0.05, 0.1) is 0 Å². The molecule has 0 bridgehead atoms. The van der Waals surface area contributed by atoms with Gasteiger partial charge < -0.3 is 4.90 Å². The molecule has 100 valence electrons. The van der Waals surface area contributed by atoms with Crippen LogP contribution in [0.2, 0.25) is 0 Å². The molecule has 1 fully saturated rings. The molecule has 1 N–H and O–H groups in total. The lowest BCUT2D eigenvalue weighted by atomic mass is 10.1. The van der Waals surface area contributed by atoms with E-state index in [1.807, 2.05) is 6.07 Å². The maximum absolute atomic E-state index is 13.3. The molecule has 2 aromatic rings. The second-order valence-corrected chi connectivity index (χ2v) is 5.60. The van der Waals surface area contributed by atoms with Crippen LogP contribution in [0.3, 0.4) is 0 Å². The van der Waals surface area contributed by atoms with Gasteiger partial charge in [-0.1, -0.05) is 36.4 Å². The molecule has 20 heavy (non-hydrogen) atoms. The maximum Gasteiger partial charge on any atom is 0.129 e. The Labute approximate surface area is 117 Å². The molecule has 4 rings (SSSR count). The van der Waals surface area contributed by atoms with E-state index in [0.717, 1.165) is 24.1 Å². The van der Waals surface area contributed by atoms with E-state index in [2.05, 4.69) is 29.2 Å². The lowest BCUT2D eigenvalue weighted by Gasteiger charge is -2.18. The van der Waals surface area contributed by atoms with Crippen LogP contribution in [0, 0.1) is 11.2 Å². The van der Waals surface area contributed by atoms with Crippen molar-refractivity contribution in [3.05, 3.63) is 71.0 Å². The predicted molar refractivity (Wildman–Crippen MR) is 76.4 cm³/mol. The summed E-state index contributed by atoms with van der Waals surface area (Å²) in [6, 6.07) is 15.6. The fourth-order valence-corrected chi connectivity index (χ4v) is 3.19. The number of hydrogen-bond donors (Lipinski definition) is 1. The Morgan fingerprint density at radius 2 is 1.90 bits per heavy atom. The highest BCUT2D eigenvalue weighted by Gasteiger charge is 2.45. The summed E-state index contributed by atoms with van der Waals surface area (Å²) in [6.07, 6.45) is 1.09. The molecule has 2 nitrogen and oxygen atoms in total. The minimum atomic E-state index is -0.259. The fourth-order valence-electron chi connectivity index (χ4n) is 3.19. The molecule has 0 spiro atoms. The van der Waals surface area contributed by atoms with Crippen molar-refractivity contribution in [2.45, 2.75) is 24.9 Å². The minimum absolute atomic E-state index is 0.259. The second kappa shape index (κ2) is 4.17. The molecule has 2 aliphatic rings. The van der Waals surface area contributed by atoms with Gasteiger partial charge in [0, 0.05) is 24.1 Å². The van der Waals surface area contributed by atoms with Gasteiger partial charge in [0.2, 0.25) is 0 Å². The van der Waals surface area contributed by atoms with E-state index < -0.39 is 0 Å². The number of halogens is 1. The maximum atomic E-state index is 13.3. The van der Waals surface area contributed by atoms with Crippen LogP contribution < -0.4 is 0 Å². The Kier molecular flexibility index (Phi) is 2.43. The van der Waals surface area contributed by atoms with Crippen molar-refractivity contribution in [3.8, 4) is 0 Å². The molecule has 2 atom stereocenters. The minimum Gasteiger partial charge on any atom is -0.349 e. The van der Waals surface area contributed by atoms with Gasteiger partial charge in [-0.15, -0.1) is 0 Å². The summed E-state index contributed by atoms with van der Waals surface area (Å²) in [5, 5.41) is 8.27. The summed E-state index contributed by atoms with van der Waals surface area (Å²) in [7, 11) is 0. The summed E-state index contributed by atoms with van der Waals surface area (Å²) in [5.74, 6) is 0.726. The first kappa shape index (κ1) is 11.6. The second-order valence-electron chi connectivity index (χ2n) is 5.60. The van der Waals surface area contributed by atoms with E-state index in [4.69, 9.17) is 5.41 Å². The van der Waals surface area contributed by atoms with Crippen molar-refractivity contribution >= 4 is 5.84 Å². The Morgan fingerprint density at radius 1 is 1.10 bits per heavy atom. The van der Waals surface area contributed by atoms with Gasteiger partial charge in [-0.3, -0.25) is 5.41 Å². The Hall–Kier alpha value is -2.16. The highest BCUT2D eigenvalue weighted by molar-refractivity contribution is 6.00. The van der Waals surface area contributed by atoms with Crippen LogP contribution in [0.5, 0.6) is 0 Å². The van der Waals surface area contributed by atoms with Crippen LogP contribution in [0.4, 0.5) is 4.39 Å². The first-order chi connectivity index (χ1) is 9.74. The van der Waals surface area contributed by atoms with Crippen molar-refractivity contribution in [3.63, 3.8) is 0 Å². The fraction of sp³-hybridized carbons (Fsp3) is 0.235. The molecule has 3 heteroatoms. The normalized spacial score (nSPS) is 23.9. The Balaban J connectivity index is 1.57. The van der Waals surface area contributed by atoms with E-state index in [1.54, 1.807) is 6.07 Å². The van der Waals surface area contributed by atoms with E-state index >= 15 is 0 Å². The molecule has 0 saturated heterocycles. The zero-order chi connectivity index (χ0) is 13.7. The third-order valence-corrected chi connectivity index (χ3v) is 4.34. The van der Waals surface area contributed by atoms with Crippen LogP contribution in [0.15, 0.2) is 48.5 Å². The molecule has 1 heterocycles. The molecule has 0 radical (unpaired) electrons. The third-order valence-electron chi connectivity index (χ3n) is 4.34. The molecule has 1 saturated carbocycles. The highest BCUT2D eigenvalue weighted by atomic mass is 19.1. The molecule has 2 aromatic carbocycles. The summed E-state index contributed by atoms with van der Waals surface area (Å²) < 4.78 is 13.3. The van der Waals surface area contributed by atoms with Crippen LogP contribution in [-0.4, -0.2) is 16.8 Å². The quantitative estimate of drug-likeness (QED) is 0.884. The topological polar surface area (TPSA) is 27.1 Å². The van der Waals surface area contributed by atoms with Crippen LogP contribution in [-0.2, 0) is 6.54 Å². The number of hydrogen-bond acceptors (Lipinski definition) is 1. The average Bonchev–Trinajstić information content (AvgIpc) is 3.20. The summed E-state index contributed by atoms with van der Waals surface area (Å²) in [6.45, 7) is 0.739. The molecule has 2 unspecified atom stereocenters. The summed E-state index contributed by atoms with van der Waals surface area (Å²) >= 11 is 0. The van der Waals surface area contributed by atoms with Crippen molar-refractivity contribution in [2.24, 2.45) is 0 Å². The van der Waals surface area contributed by atoms with E-state index in [0.29, 0.717) is 17.8 Å². The van der Waals surface area contributed by atoms with Gasteiger partial charge in [0.1, 0.15) is 11.7 Å². The van der Waals surface area contributed by atoms with Gasteiger partial charge in [-0.2, -0.15) is 0 Å². The van der Waals surface area contributed by atoms with Crippen molar-refractivity contribution in [1.29, 1.82) is 5.41 Å². The average molecular weight is 266 g/mol. The zero-order valence-corrected chi connectivity index (χ0v) is 11.0. The first-order valence-corrected chi connectivity index (χ1v) is 6.93. The number of fused-ring (bicyclic) bond motifs is 1. The monoisotopic (exact) mass is 266 g/mol. The summed E-state index contributed by atoms with van der Waals surface area (Å²) in [4.78, 5) is 2.11. The standard InChI is InChI=1S/C17H15FN2/c18-13-7-6-12-10-20(17(19)15(12)8-13)16-9-14(16)11-4-2-1-3-5-11/h1-8,14,16,19H,9-10H2. The van der Waals surface area contributed by atoms with Gasteiger partial charge in [-0.05, 0) is 29.7 Å². The van der Waals surface area contributed by atoms with Crippen LogP contribution in [0.25, 0.3) is 0 Å². The Bertz CT molecular complexity index is 681. The number of amidine groups is 1. The van der Waals surface area contributed by atoms with Gasteiger partial charge in [0.25, 0.3) is 0 Å². The predicted octanol–water partition coefficient (Wildman–Crippen LogP) is 3.52. The lowest BCUT2D eigenvalue weighted by molar-refractivity contribution is 0.411. The molecular weight excluding hydrogens is 251 g/mol. The largest absolute Gasteiger partial charge is 0.349 e. The molecule has 0 aromatic heterocycles. The molecule has 1 aliphatic heterocycles. The Morgan fingerprint density at radius 3 is 2.70 bits per heavy atom. The molecule has 1 aliphatic carbocycles. The van der Waals surface area contributed by atoms with Crippen molar-refractivity contribution in [2.75, 3.05) is 0 Å². The molecular formula is C17H15FN2. The van der Waals surface area contributed by atoms with Crippen LogP contribution >= 0.6 is 0 Å². The van der Waals surface area contributed by atoms with Gasteiger partial charge in [-0.25, -0.2) is 4.39 Å². The summed E-state index contributed by atoms with van der Waals surface area (Å²) in [5.41, 5.74) is 3.16. The number of benzene rings is 2. The van der Waals surface area contributed by atoms with E-state index in [1.165, 1.54) is 17.7 Å².